The van der Waals surface area contributed by atoms with Gasteiger partial charge in [0.15, 0.2) is 11.4 Å². The SMILES string of the molecule is CC(=O)OCC1=CC(=O)[C@@]2(C/C=C(\C)CC/C=C(\C)CC/C=C(\C)CO)O[C@H]2[C@@H]1O. The minimum Gasteiger partial charge on any atom is -0.461 e. The molecule has 6 nitrogen and oxygen atoms in total. The smallest absolute Gasteiger partial charge is 0.302 e. The Hall–Kier alpha value is -2.02. The normalized spacial score (nSPS) is 26.9. The van der Waals surface area contributed by atoms with Crippen LogP contribution in [0.1, 0.15) is 59.8 Å². The van der Waals surface area contributed by atoms with Crippen molar-refractivity contribution in [1.82, 2.24) is 0 Å². The van der Waals surface area contributed by atoms with Crippen molar-refractivity contribution < 1.29 is 29.3 Å². The predicted octanol–water partition coefficient (Wildman–Crippen LogP) is 3.34. The van der Waals surface area contributed by atoms with Crippen molar-refractivity contribution in [2.45, 2.75) is 77.6 Å². The van der Waals surface area contributed by atoms with Gasteiger partial charge in [0.05, 0.1) is 6.61 Å². The summed E-state index contributed by atoms with van der Waals surface area (Å²) in [5.74, 6) is -0.630. The summed E-state index contributed by atoms with van der Waals surface area (Å²) >= 11 is 0. The first-order valence-corrected chi connectivity index (χ1v) is 10.5. The molecule has 0 saturated carbocycles. The number of allylic oxidation sites excluding steroid dienone is 4. The standard InChI is InChI=1S/C24H34O6/c1-16(8-6-10-18(3)14-25)7-5-9-17(2)11-12-24-21(27)13-20(15-29-19(4)26)22(28)23(24)30-24/h7,10-11,13,22-23,25,28H,5-6,8-9,12,14-15H2,1-4H3/b16-7+,17-11+,18-10+/t22-,23+,24-/m1/s1. The maximum Gasteiger partial charge on any atom is 0.302 e. The number of esters is 1. The van der Waals surface area contributed by atoms with Gasteiger partial charge in [0.25, 0.3) is 0 Å². The van der Waals surface area contributed by atoms with Crippen molar-refractivity contribution in [2.75, 3.05) is 13.2 Å². The molecule has 30 heavy (non-hydrogen) atoms. The number of carbonyl (C=O) groups is 2. The quantitative estimate of drug-likeness (QED) is 0.303. The van der Waals surface area contributed by atoms with E-state index in [1.807, 2.05) is 19.9 Å². The molecule has 0 unspecified atom stereocenters. The van der Waals surface area contributed by atoms with Crippen LogP contribution in [0.25, 0.3) is 0 Å². The molecule has 2 aliphatic rings. The van der Waals surface area contributed by atoms with Crippen molar-refractivity contribution >= 4 is 11.8 Å². The third-order valence-electron chi connectivity index (χ3n) is 5.65. The van der Waals surface area contributed by atoms with Crippen LogP contribution < -0.4 is 0 Å². The number of epoxide rings is 1. The third kappa shape index (κ3) is 6.49. The summed E-state index contributed by atoms with van der Waals surface area (Å²) in [6.07, 6.45) is 10.4. The summed E-state index contributed by atoms with van der Waals surface area (Å²) in [4.78, 5) is 23.5. The first kappa shape index (κ1) is 24.3. The Balaban J connectivity index is 1.83. The Kier molecular flexibility index (Phi) is 8.77. The van der Waals surface area contributed by atoms with E-state index < -0.39 is 23.8 Å². The summed E-state index contributed by atoms with van der Waals surface area (Å²) in [6, 6.07) is 0. The summed E-state index contributed by atoms with van der Waals surface area (Å²) < 4.78 is 10.5. The predicted molar refractivity (Wildman–Crippen MR) is 115 cm³/mol. The summed E-state index contributed by atoms with van der Waals surface area (Å²) in [7, 11) is 0. The summed E-state index contributed by atoms with van der Waals surface area (Å²) in [6.45, 7) is 7.39. The number of ether oxygens (including phenoxy) is 2. The molecule has 2 rings (SSSR count). The molecule has 1 fully saturated rings. The molecular weight excluding hydrogens is 384 g/mol. The fraction of sp³-hybridized carbons (Fsp3) is 0.583. The molecular formula is C24H34O6. The van der Waals surface area contributed by atoms with Crippen molar-refractivity contribution in [2.24, 2.45) is 0 Å². The summed E-state index contributed by atoms with van der Waals surface area (Å²) in [5.41, 5.74) is 2.92. The minimum atomic E-state index is -0.969. The highest BCUT2D eigenvalue weighted by Crippen LogP contribution is 2.48. The number of fused-ring (bicyclic) bond motifs is 1. The Morgan fingerprint density at radius 3 is 2.30 bits per heavy atom. The van der Waals surface area contributed by atoms with Gasteiger partial charge in [-0.1, -0.05) is 34.9 Å². The molecule has 1 aliphatic carbocycles. The molecule has 0 aromatic carbocycles. The van der Waals surface area contributed by atoms with Crippen LogP contribution in [-0.2, 0) is 19.1 Å². The fourth-order valence-electron chi connectivity index (χ4n) is 3.54. The molecule has 0 aromatic rings. The van der Waals surface area contributed by atoms with Gasteiger partial charge in [0.1, 0.15) is 18.8 Å². The van der Waals surface area contributed by atoms with Crippen LogP contribution in [0.5, 0.6) is 0 Å². The number of ketones is 1. The monoisotopic (exact) mass is 418 g/mol. The second-order valence-electron chi connectivity index (χ2n) is 8.33. The van der Waals surface area contributed by atoms with Crippen molar-refractivity contribution in [3.63, 3.8) is 0 Å². The van der Waals surface area contributed by atoms with Gasteiger partial charge in [0, 0.05) is 18.9 Å². The van der Waals surface area contributed by atoms with E-state index >= 15 is 0 Å². The zero-order valence-corrected chi connectivity index (χ0v) is 18.4. The molecule has 2 N–H and O–H groups in total. The van der Waals surface area contributed by atoms with E-state index in [4.69, 9.17) is 14.6 Å². The van der Waals surface area contributed by atoms with Gasteiger partial charge in [-0.3, -0.25) is 9.59 Å². The number of hydrogen-bond acceptors (Lipinski definition) is 6. The van der Waals surface area contributed by atoms with E-state index in [-0.39, 0.29) is 19.0 Å². The molecule has 0 radical (unpaired) electrons. The molecule has 1 saturated heterocycles. The van der Waals surface area contributed by atoms with Crippen LogP contribution in [0.2, 0.25) is 0 Å². The molecule has 1 aliphatic heterocycles. The molecule has 0 aromatic heterocycles. The van der Waals surface area contributed by atoms with Crippen LogP contribution >= 0.6 is 0 Å². The average molecular weight is 419 g/mol. The van der Waals surface area contributed by atoms with Gasteiger partial charge < -0.3 is 19.7 Å². The highest BCUT2D eigenvalue weighted by atomic mass is 16.6. The zero-order valence-electron chi connectivity index (χ0n) is 18.4. The Morgan fingerprint density at radius 2 is 1.70 bits per heavy atom. The van der Waals surface area contributed by atoms with Gasteiger partial charge in [-0.25, -0.2) is 0 Å². The average Bonchev–Trinajstić information content (AvgIpc) is 3.45. The summed E-state index contributed by atoms with van der Waals surface area (Å²) in [5, 5.41) is 19.4. The van der Waals surface area contributed by atoms with Crippen LogP contribution in [0.3, 0.4) is 0 Å². The molecule has 0 amide bonds. The Labute approximate surface area is 179 Å². The van der Waals surface area contributed by atoms with Gasteiger partial charge in [-0.2, -0.15) is 0 Å². The van der Waals surface area contributed by atoms with Crippen molar-refractivity contribution in [1.29, 1.82) is 0 Å². The third-order valence-corrected chi connectivity index (χ3v) is 5.65. The lowest BCUT2D eigenvalue weighted by Gasteiger charge is -2.20. The maximum atomic E-state index is 12.5. The van der Waals surface area contributed by atoms with Crippen LogP contribution in [-0.4, -0.2) is 53.0 Å². The number of carbonyl (C=O) groups excluding carboxylic acids is 2. The van der Waals surface area contributed by atoms with Crippen LogP contribution in [0.15, 0.2) is 46.6 Å². The van der Waals surface area contributed by atoms with Gasteiger partial charge in [0.2, 0.25) is 0 Å². The molecule has 0 spiro atoms. The van der Waals surface area contributed by atoms with E-state index in [1.54, 1.807) is 0 Å². The minimum absolute atomic E-state index is 0.0892. The van der Waals surface area contributed by atoms with Gasteiger partial charge >= 0.3 is 5.97 Å². The van der Waals surface area contributed by atoms with E-state index in [1.165, 1.54) is 24.1 Å². The lowest BCUT2D eigenvalue weighted by Crippen LogP contribution is -2.38. The molecule has 1 heterocycles. The fourth-order valence-corrected chi connectivity index (χ4v) is 3.54. The van der Waals surface area contributed by atoms with Crippen LogP contribution in [0, 0.1) is 0 Å². The molecule has 3 atom stereocenters. The highest BCUT2D eigenvalue weighted by Gasteiger charge is 2.66. The van der Waals surface area contributed by atoms with Crippen molar-refractivity contribution in [3.05, 3.63) is 46.6 Å². The Morgan fingerprint density at radius 1 is 1.10 bits per heavy atom. The van der Waals surface area contributed by atoms with Gasteiger partial charge in [-0.15, -0.1) is 0 Å². The number of aliphatic hydroxyl groups excluding tert-OH is 2. The Bertz CT molecular complexity index is 773. The highest BCUT2D eigenvalue weighted by molar-refractivity contribution is 6.02. The lowest BCUT2D eigenvalue weighted by molar-refractivity contribution is -0.140. The lowest BCUT2D eigenvalue weighted by atomic mass is 9.84. The topological polar surface area (TPSA) is 96.4 Å². The maximum absolute atomic E-state index is 12.5. The zero-order chi connectivity index (χ0) is 22.3. The molecule has 0 bridgehead atoms. The first-order valence-electron chi connectivity index (χ1n) is 10.5. The first-order chi connectivity index (χ1) is 14.2. The van der Waals surface area contributed by atoms with Gasteiger partial charge in [-0.05, 0) is 52.5 Å². The second-order valence-corrected chi connectivity index (χ2v) is 8.33. The molecule has 166 valence electrons. The second kappa shape index (κ2) is 10.8. The van der Waals surface area contributed by atoms with E-state index in [9.17, 15) is 14.7 Å². The largest absolute Gasteiger partial charge is 0.461 e. The number of aliphatic hydroxyl groups is 2. The number of rotatable bonds is 11. The van der Waals surface area contributed by atoms with E-state index in [2.05, 4.69) is 19.1 Å². The van der Waals surface area contributed by atoms with E-state index in [0.29, 0.717) is 12.0 Å². The molecule has 6 heteroatoms. The van der Waals surface area contributed by atoms with Crippen molar-refractivity contribution in [3.8, 4) is 0 Å². The number of hydrogen-bond donors (Lipinski definition) is 2. The van der Waals surface area contributed by atoms with Crippen LogP contribution in [0.4, 0.5) is 0 Å². The van der Waals surface area contributed by atoms with E-state index in [0.717, 1.165) is 31.3 Å².